The average molecular weight is 465 g/mol. The molecule has 0 radical (unpaired) electrons. The SMILES string of the molecule is CCc1ccc(F)c(-c2cccc(C(=O)Nc3cnccc3[C@H]3C[C@@H](N)[C@@H](C)[C@@H](C)C3)n2)c1F. The Bertz CT molecular complexity index is 1190. The van der Waals surface area contributed by atoms with Crippen LogP contribution in [0.1, 0.15) is 61.1 Å². The fourth-order valence-corrected chi connectivity index (χ4v) is 4.83. The number of nitrogens with zero attached hydrogens (tertiary/aromatic N) is 2. The second-order valence-electron chi connectivity index (χ2n) is 9.24. The minimum atomic E-state index is -0.716. The first-order chi connectivity index (χ1) is 16.3. The summed E-state index contributed by atoms with van der Waals surface area (Å²) >= 11 is 0. The molecule has 1 saturated carbocycles. The number of pyridine rings is 2. The highest BCUT2D eigenvalue weighted by atomic mass is 19.1. The van der Waals surface area contributed by atoms with Crippen LogP contribution in [0.25, 0.3) is 11.3 Å². The second kappa shape index (κ2) is 9.97. The molecule has 0 unspecified atom stereocenters. The molecule has 1 aliphatic rings. The Kier molecular flexibility index (Phi) is 7.03. The first-order valence-electron chi connectivity index (χ1n) is 11.7. The van der Waals surface area contributed by atoms with Gasteiger partial charge in [0.15, 0.2) is 0 Å². The molecule has 5 nitrogen and oxygen atoms in total. The highest BCUT2D eigenvalue weighted by Gasteiger charge is 2.32. The van der Waals surface area contributed by atoms with Crippen LogP contribution < -0.4 is 11.1 Å². The normalized spacial score (nSPS) is 22.4. The summed E-state index contributed by atoms with van der Waals surface area (Å²) in [6.45, 7) is 6.18. The number of anilines is 1. The maximum absolute atomic E-state index is 14.8. The number of benzene rings is 1. The van der Waals surface area contributed by atoms with Gasteiger partial charge in [0.2, 0.25) is 0 Å². The predicted octanol–water partition coefficient (Wildman–Crippen LogP) is 5.71. The predicted molar refractivity (Wildman–Crippen MR) is 129 cm³/mol. The second-order valence-corrected chi connectivity index (χ2v) is 9.24. The van der Waals surface area contributed by atoms with E-state index in [1.165, 1.54) is 24.3 Å². The van der Waals surface area contributed by atoms with Crippen molar-refractivity contribution in [3.05, 3.63) is 77.2 Å². The highest BCUT2D eigenvalue weighted by Crippen LogP contribution is 2.41. The number of hydrogen-bond donors (Lipinski definition) is 2. The minimum absolute atomic E-state index is 0.0651. The van der Waals surface area contributed by atoms with E-state index < -0.39 is 17.5 Å². The van der Waals surface area contributed by atoms with Crippen LogP contribution in [0.5, 0.6) is 0 Å². The third-order valence-electron chi connectivity index (χ3n) is 7.12. The molecule has 2 aromatic heterocycles. The van der Waals surface area contributed by atoms with Crippen molar-refractivity contribution in [3.8, 4) is 11.3 Å². The number of rotatable bonds is 5. The summed E-state index contributed by atoms with van der Waals surface area (Å²) in [6.07, 6.45) is 5.56. The molecular formula is C27H30F2N4O. The van der Waals surface area contributed by atoms with E-state index in [1.807, 2.05) is 6.07 Å². The van der Waals surface area contributed by atoms with E-state index in [4.69, 9.17) is 5.73 Å². The molecule has 34 heavy (non-hydrogen) atoms. The van der Waals surface area contributed by atoms with Crippen LogP contribution >= 0.6 is 0 Å². The molecule has 7 heteroatoms. The van der Waals surface area contributed by atoms with Gasteiger partial charge in [-0.3, -0.25) is 9.78 Å². The first kappa shape index (κ1) is 24.0. The van der Waals surface area contributed by atoms with E-state index in [9.17, 15) is 13.6 Å². The van der Waals surface area contributed by atoms with Gasteiger partial charge in [-0.15, -0.1) is 0 Å². The van der Waals surface area contributed by atoms with Gasteiger partial charge >= 0.3 is 0 Å². The zero-order valence-corrected chi connectivity index (χ0v) is 19.7. The van der Waals surface area contributed by atoms with Crippen molar-refractivity contribution in [2.45, 2.75) is 52.0 Å². The molecule has 3 aromatic rings. The molecule has 0 saturated heterocycles. The molecule has 1 aromatic carbocycles. The number of halogens is 2. The third kappa shape index (κ3) is 4.71. The van der Waals surface area contributed by atoms with Crippen molar-refractivity contribution in [1.82, 2.24) is 9.97 Å². The molecule has 3 N–H and O–H groups in total. The third-order valence-corrected chi connectivity index (χ3v) is 7.12. The highest BCUT2D eigenvalue weighted by molar-refractivity contribution is 6.03. The topological polar surface area (TPSA) is 80.9 Å². The molecule has 1 fully saturated rings. The maximum Gasteiger partial charge on any atom is 0.274 e. The van der Waals surface area contributed by atoms with Crippen molar-refractivity contribution in [2.24, 2.45) is 17.6 Å². The zero-order valence-electron chi connectivity index (χ0n) is 19.7. The molecule has 2 heterocycles. The molecule has 0 bridgehead atoms. The van der Waals surface area contributed by atoms with Gasteiger partial charge in [-0.25, -0.2) is 13.8 Å². The molecular weight excluding hydrogens is 434 g/mol. The van der Waals surface area contributed by atoms with Crippen molar-refractivity contribution < 1.29 is 13.6 Å². The number of hydrogen-bond acceptors (Lipinski definition) is 4. The van der Waals surface area contributed by atoms with Gasteiger partial charge in [-0.2, -0.15) is 0 Å². The Balaban J connectivity index is 1.61. The lowest BCUT2D eigenvalue weighted by atomic mass is 9.71. The van der Waals surface area contributed by atoms with Gasteiger partial charge < -0.3 is 11.1 Å². The lowest BCUT2D eigenvalue weighted by molar-refractivity contribution is 0.102. The van der Waals surface area contributed by atoms with E-state index in [-0.39, 0.29) is 28.9 Å². The molecule has 1 aliphatic carbocycles. The Morgan fingerprint density at radius 1 is 1.15 bits per heavy atom. The number of amides is 1. The van der Waals surface area contributed by atoms with E-state index in [1.54, 1.807) is 25.4 Å². The minimum Gasteiger partial charge on any atom is -0.327 e. The van der Waals surface area contributed by atoms with Gasteiger partial charge in [0.25, 0.3) is 5.91 Å². The lowest BCUT2D eigenvalue weighted by Gasteiger charge is -2.37. The number of carbonyl (C=O) groups excluding carboxylic acids is 1. The summed E-state index contributed by atoms with van der Waals surface area (Å²) < 4.78 is 29.3. The summed E-state index contributed by atoms with van der Waals surface area (Å²) in [7, 11) is 0. The van der Waals surface area contributed by atoms with Crippen molar-refractivity contribution in [2.75, 3.05) is 5.32 Å². The van der Waals surface area contributed by atoms with E-state index >= 15 is 0 Å². The summed E-state index contributed by atoms with van der Waals surface area (Å²) in [5.74, 6) is -0.725. The molecule has 0 spiro atoms. The quantitative estimate of drug-likeness (QED) is 0.507. The van der Waals surface area contributed by atoms with Gasteiger partial charge in [0.05, 0.1) is 23.1 Å². The van der Waals surface area contributed by atoms with Crippen molar-refractivity contribution in [1.29, 1.82) is 0 Å². The average Bonchev–Trinajstić information content (AvgIpc) is 2.83. The largest absolute Gasteiger partial charge is 0.327 e. The fraction of sp³-hybridized carbons (Fsp3) is 0.370. The van der Waals surface area contributed by atoms with E-state index in [2.05, 4.69) is 29.1 Å². The van der Waals surface area contributed by atoms with Crippen LogP contribution in [0.4, 0.5) is 14.5 Å². The molecule has 0 aliphatic heterocycles. The van der Waals surface area contributed by atoms with Crippen LogP contribution in [-0.4, -0.2) is 21.9 Å². The number of aromatic nitrogens is 2. The Hall–Kier alpha value is -3.19. The van der Waals surface area contributed by atoms with Crippen molar-refractivity contribution in [3.63, 3.8) is 0 Å². The maximum atomic E-state index is 14.8. The molecule has 4 rings (SSSR count). The van der Waals surface area contributed by atoms with Gasteiger partial charge in [-0.1, -0.05) is 32.9 Å². The number of aryl methyl sites for hydroxylation is 1. The van der Waals surface area contributed by atoms with E-state index in [0.29, 0.717) is 29.5 Å². The molecule has 178 valence electrons. The monoisotopic (exact) mass is 464 g/mol. The van der Waals surface area contributed by atoms with Crippen LogP contribution in [0, 0.1) is 23.5 Å². The Labute approximate surface area is 198 Å². The molecule has 1 amide bonds. The first-order valence-corrected chi connectivity index (χ1v) is 11.7. The lowest BCUT2D eigenvalue weighted by Crippen LogP contribution is -2.39. The number of carbonyl (C=O) groups is 1. The van der Waals surface area contributed by atoms with E-state index in [0.717, 1.165) is 18.4 Å². The van der Waals surface area contributed by atoms with Gasteiger partial charge in [-0.05, 0) is 72.4 Å². The fourth-order valence-electron chi connectivity index (χ4n) is 4.83. The smallest absolute Gasteiger partial charge is 0.274 e. The summed E-state index contributed by atoms with van der Waals surface area (Å²) in [5.41, 5.74) is 8.27. The summed E-state index contributed by atoms with van der Waals surface area (Å²) in [5, 5.41) is 2.90. The van der Waals surface area contributed by atoms with Gasteiger partial charge in [0.1, 0.15) is 17.3 Å². The summed E-state index contributed by atoms with van der Waals surface area (Å²) in [6, 6.07) is 9.25. The van der Waals surface area contributed by atoms with Gasteiger partial charge in [0, 0.05) is 12.2 Å². The Morgan fingerprint density at radius 3 is 2.68 bits per heavy atom. The van der Waals surface area contributed by atoms with Crippen LogP contribution in [0.15, 0.2) is 48.8 Å². The summed E-state index contributed by atoms with van der Waals surface area (Å²) in [4.78, 5) is 21.6. The standard InChI is InChI=1S/C27H30F2N4O/c1-4-17-8-9-20(28)25(26(17)29)22-6-5-7-23(32-22)27(34)33-24-14-31-11-10-19(24)18-12-15(2)16(3)21(30)13-18/h5-11,14-16,18,21H,4,12-13,30H2,1-3H3,(H,33,34)/t15-,16-,18+,21+/m0/s1. The number of nitrogens with one attached hydrogen (secondary N) is 1. The molecule has 4 atom stereocenters. The van der Waals surface area contributed by atoms with Crippen LogP contribution in [-0.2, 0) is 6.42 Å². The van der Waals surface area contributed by atoms with Crippen molar-refractivity contribution >= 4 is 11.6 Å². The Morgan fingerprint density at radius 2 is 1.94 bits per heavy atom. The number of nitrogens with two attached hydrogens (primary N) is 1. The zero-order chi connectivity index (χ0) is 24.4. The van der Waals surface area contributed by atoms with Crippen LogP contribution in [0.2, 0.25) is 0 Å². The van der Waals surface area contributed by atoms with Crippen LogP contribution in [0.3, 0.4) is 0 Å².